The highest BCUT2D eigenvalue weighted by Crippen LogP contribution is 2.34. The van der Waals surface area contributed by atoms with Crippen LogP contribution in [-0.4, -0.2) is 6.54 Å². The molecule has 0 fully saturated rings. The summed E-state index contributed by atoms with van der Waals surface area (Å²) in [5, 5.41) is 2.80. The van der Waals surface area contributed by atoms with Crippen LogP contribution < -0.4 is 5.32 Å². The van der Waals surface area contributed by atoms with Gasteiger partial charge in [0.05, 0.1) is 5.56 Å². The van der Waals surface area contributed by atoms with Gasteiger partial charge in [0.25, 0.3) is 0 Å². The Bertz CT molecular complexity index is 318. The van der Waals surface area contributed by atoms with Gasteiger partial charge in [0.1, 0.15) is 0 Å². The summed E-state index contributed by atoms with van der Waals surface area (Å²) < 4.78 is 37.6. The Morgan fingerprint density at radius 3 is 2.33 bits per heavy atom. The molecular formula is C11H14F3N. The minimum Gasteiger partial charge on any atom is -0.384 e. The molecule has 1 rings (SSSR count). The summed E-state index contributed by atoms with van der Waals surface area (Å²) in [5.41, 5.74) is -0.454. The lowest BCUT2D eigenvalue weighted by atomic mass is 10.1. The summed E-state index contributed by atoms with van der Waals surface area (Å²) in [7, 11) is 0. The van der Waals surface area contributed by atoms with Crippen LogP contribution in [0, 0.1) is 5.92 Å². The lowest BCUT2D eigenvalue weighted by molar-refractivity contribution is -0.136. The van der Waals surface area contributed by atoms with E-state index >= 15 is 0 Å². The first-order valence-electron chi connectivity index (χ1n) is 4.81. The Labute approximate surface area is 87.3 Å². The summed E-state index contributed by atoms with van der Waals surface area (Å²) >= 11 is 0. The molecule has 0 aliphatic heterocycles. The van der Waals surface area contributed by atoms with Crippen molar-refractivity contribution >= 4 is 5.69 Å². The summed E-state index contributed by atoms with van der Waals surface area (Å²) in [6.45, 7) is 4.43. The summed E-state index contributed by atoms with van der Waals surface area (Å²) in [6, 6.07) is 5.52. The van der Waals surface area contributed by atoms with Crippen molar-refractivity contribution in [2.45, 2.75) is 20.0 Å². The number of para-hydroxylation sites is 1. The van der Waals surface area contributed by atoms with Crippen LogP contribution in [0.25, 0.3) is 0 Å². The molecule has 0 spiro atoms. The highest BCUT2D eigenvalue weighted by atomic mass is 19.4. The van der Waals surface area contributed by atoms with E-state index in [4.69, 9.17) is 0 Å². The van der Waals surface area contributed by atoms with Gasteiger partial charge >= 0.3 is 6.18 Å². The van der Waals surface area contributed by atoms with E-state index < -0.39 is 11.7 Å². The van der Waals surface area contributed by atoms with E-state index in [1.165, 1.54) is 12.1 Å². The normalized spacial score (nSPS) is 11.9. The zero-order chi connectivity index (χ0) is 11.5. The van der Waals surface area contributed by atoms with Crippen LogP contribution in [0.1, 0.15) is 19.4 Å². The number of halogens is 3. The first-order chi connectivity index (χ1) is 6.91. The van der Waals surface area contributed by atoms with E-state index in [0.717, 1.165) is 6.07 Å². The maximum absolute atomic E-state index is 12.5. The van der Waals surface area contributed by atoms with Gasteiger partial charge in [-0.25, -0.2) is 0 Å². The quantitative estimate of drug-likeness (QED) is 0.812. The van der Waals surface area contributed by atoms with E-state index in [1.807, 2.05) is 13.8 Å². The second-order valence-electron chi connectivity index (χ2n) is 3.82. The van der Waals surface area contributed by atoms with Crippen molar-refractivity contribution in [2.24, 2.45) is 5.92 Å². The SMILES string of the molecule is CC(C)CNc1ccccc1C(F)(F)F. The fourth-order valence-electron chi connectivity index (χ4n) is 1.20. The molecule has 0 aliphatic carbocycles. The Morgan fingerprint density at radius 1 is 1.20 bits per heavy atom. The maximum atomic E-state index is 12.5. The van der Waals surface area contributed by atoms with E-state index in [-0.39, 0.29) is 5.69 Å². The fraction of sp³-hybridized carbons (Fsp3) is 0.455. The van der Waals surface area contributed by atoms with Crippen LogP contribution in [0.5, 0.6) is 0 Å². The molecular weight excluding hydrogens is 203 g/mol. The topological polar surface area (TPSA) is 12.0 Å². The van der Waals surface area contributed by atoms with Crippen molar-refractivity contribution in [1.29, 1.82) is 0 Å². The van der Waals surface area contributed by atoms with E-state index in [0.29, 0.717) is 12.5 Å². The van der Waals surface area contributed by atoms with E-state index in [1.54, 1.807) is 6.07 Å². The summed E-state index contributed by atoms with van der Waals surface area (Å²) in [5.74, 6) is 0.311. The molecule has 1 N–H and O–H groups in total. The molecule has 0 aromatic heterocycles. The van der Waals surface area contributed by atoms with Crippen molar-refractivity contribution in [3.05, 3.63) is 29.8 Å². The Balaban J connectivity index is 2.87. The fourth-order valence-corrected chi connectivity index (χ4v) is 1.20. The monoisotopic (exact) mass is 217 g/mol. The van der Waals surface area contributed by atoms with Crippen LogP contribution in [0.2, 0.25) is 0 Å². The van der Waals surface area contributed by atoms with Gasteiger partial charge in [0.2, 0.25) is 0 Å². The average Bonchev–Trinajstić information content (AvgIpc) is 2.13. The van der Waals surface area contributed by atoms with Gasteiger partial charge in [-0.05, 0) is 18.1 Å². The highest BCUT2D eigenvalue weighted by Gasteiger charge is 2.32. The molecule has 1 aromatic rings. The predicted octanol–water partition coefficient (Wildman–Crippen LogP) is 3.77. The third kappa shape index (κ3) is 3.46. The molecule has 1 nitrogen and oxygen atoms in total. The van der Waals surface area contributed by atoms with Crippen molar-refractivity contribution < 1.29 is 13.2 Å². The molecule has 15 heavy (non-hydrogen) atoms. The van der Waals surface area contributed by atoms with Gasteiger partial charge in [0, 0.05) is 12.2 Å². The molecule has 0 saturated heterocycles. The second kappa shape index (κ2) is 4.55. The van der Waals surface area contributed by atoms with Crippen molar-refractivity contribution in [3.63, 3.8) is 0 Å². The van der Waals surface area contributed by atoms with Crippen LogP contribution in [0.15, 0.2) is 24.3 Å². The van der Waals surface area contributed by atoms with Crippen LogP contribution in [0.3, 0.4) is 0 Å². The Hall–Kier alpha value is -1.19. The molecule has 4 heteroatoms. The molecule has 0 aliphatic rings. The Kier molecular flexibility index (Phi) is 3.61. The number of nitrogens with one attached hydrogen (secondary N) is 1. The predicted molar refractivity (Wildman–Crippen MR) is 54.8 cm³/mol. The molecule has 0 saturated carbocycles. The van der Waals surface area contributed by atoms with Gasteiger partial charge < -0.3 is 5.32 Å². The van der Waals surface area contributed by atoms with Gasteiger partial charge in [-0.15, -0.1) is 0 Å². The first-order valence-corrected chi connectivity index (χ1v) is 4.81. The standard InChI is InChI=1S/C11H14F3N/c1-8(2)7-15-10-6-4-3-5-9(10)11(12,13)14/h3-6,8,15H,7H2,1-2H3. The number of benzene rings is 1. The van der Waals surface area contributed by atoms with Crippen LogP contribution >= 0.6 is 0 Å². The van der Waals surface area contributed by atoms with E-state index in [2.05, 4.69) is 5.32 Å². The maximum Gasteiger partial charge on any atom is 0.418 e. The van der Waals surface area contributed by atoms with Gasteiger partial charge in [0.15, 0.2) is 0 Å². The van der Waals surface area contributed by atoms with Crippen LogP contribution in [-0.2, 0) is 6.18 Å². The summed E-state index contributed by atoms with van der Waals surface area (Å²) in [4.78, 5) is 0. The minimum atomic E-state index is -4.29. The van der Waals surface area contributed by atoms with Crippen molar-refractivity contribution in [3.8, 4) is 0 Å². The minimum absolute atomic E-state index is 0.152. The molecule has 0 amide bonds. The smallest absolute Gasteiger partial charge is 0.384 e. The molecule has 84 valence electrons. The zero-order valence-corrected chi connectivity index (χ0v) is 8.73. The molecule has 1 aromatic carbocycles. The number of hydrogen-bond donors (Lipinski definition) is 1. The molecule has 0 radical (unpaired) electrons. The average molecular weight is 217 g/mol. The third-order valence-corrected chi connectivity index (χ3v) is 1.93. The Morgan fingerprint density at radius 2 is 1.80 bits per heavy atom. The van der Waals surface area contributed by atoms with Crippen molar-refractivity contribution in [2.75, 3.05) is 11.9 Å². The third-order valence-electron chi connectivity index (χ3n) is 1.93. The number of alkyl halides is 3. The molecule has 0 unspecified atom stereocenters. The van der Waals surface area contributed by atoms with Crippen molar-refractivity contribution in [1.82, 2.24) is 0 Å². The molecule has 0 heterocycles. The number of anilines is 1. The second-order valence-corrected chi connectivity index (χ2v) is 3.82. The lowest BCUT2D eigenvalue weighted by Crippen LogP contribution is -2.13. The van der Waals surface area contributed by atoms with Gasteiger partial charge in [-0.1, -0.05) is 26.0 Å². The first kappa shape index (κ1) is 11.9. The lowest BCUT2D eigenvalue weighted by Gasteiger charge is -2.15. The zero-order valence-electron chi connectivity index (χ0n) is 8.73. The van der Waals surface area contributed by atoms with Gasteiger partial charge in [-0.3, -0.25) is 0 Å². The van der Waals surface area contributed by atoms with E-state index in [9.17, 15) is 13.2 Å². The largest absolute Gasteiger partial charge is 0.418 e. The molecule has 0 atom stereocenters. The highest BCUT2D eigenvalue weighted by molar-refractivity contribution is 5.52. The number of hydrogen-bond acceptors (Lipinski definition) is 1. The molecule has 0 bridgehead atoms. The van der Waals surface area contributed by atoms with Crippen LogP contribution in [0.4, 0.5) is 18.9 Å². The number of rotatable bonds is 3. The summed E-state index contributed by atoms with van der Waals surface area (Å²) in [6.07, 6.45) is -4.29. The van der Waals surface area contributed by atoms with Gasteiger partial charge in [-0.2, -0.15) is 13.2 Å².